The molecule has 0 N–H and O–H groups in total. The Morgan fingerprint density at radius 2 is 2.00 bits per heavy atom. The standard InChI is InChI=1S/C5H8O.C3H4.C2H6/c1-5-3-2-4-6-5;1-3-2;1-2/h3H,2,4H2,1H3;1H,2H3;1-2H3. The lowest BCUT2D eigenvalue weighted by atomic mass is 10.4. The van der Waals surface area contributed by atoms with Crippen molar-refractivity contribution in [2.75, 3.05) is 6.61 Å². The number of terminal acetylenes is 1. The molecular weight excluding hydrogens is 136 g/mol. The van der Waals surface area contributed by atoms with E-state index in [2.05, 4.69) is 18.4 Å². The average Bonchev–Trinajstić information content (AvgIpc) is 2.46. The fraction of sp³-hybridized carbons (Fsp3) is 0.600. The molecule has 1 heterocycles. The van der Waals surface area contributed by atoms with Crippen molar-refractivity contribution in [3.05, 3.63) is 11.8 Å². The van der Waals surface area contributed by atoms with Crippen LogP contribution in [0.15, 0.2) is 11.8 Å². The number of ether oxygens (including phenoxy) is 1. The Hall–Kier alpha value is -0.900. The maximum atomic E-state index is 5.01. The summed E-state index contributed by atoms with van der Waals surface area (Å²) in [6.45, 7) is 8.53. The van der Waals surface area contributed by atoms with Crippen LogP contribution in [0.25, 0.3) is 0 Å². The predicted molar refractivity (Wildman–Crippen MR) is 50.2 cm³/mol. The van der Waals surface area contributed by atoms with Gasteiger partial charge in [-0.3, -0.25) is 0 Å². The Balaban J connectivity index is 0. The molecule has 0 amide bonds. The van der Waals surface area contributed by atoms with E-state index in [1.807, 2.05) is 20.8 Å². The topological polar surface area (TPSA) is 9.23 Å². The summed E-state index contributed by atoms with van der Waals surface area (Å²) in [6.07, 6.45) is 7.80. The summed E-state index contributed by atoms with van der Waals surface area (Å²) in [5, 5.41) is 0. The molecule has 0 atom stereocenters. The smallest absolute Gasteiger partial charge is 0.0912 e. The lowest BCUT2D eigenvalue weighted by Crippen LogP contribution is -1.76. The predicted octanol–water partition coefficient (Wildman–Crippen LogP) is 2.98. The molecular formula is C10H18O. The van der Waals surface area contributed by atoms with Crippen LogP contribution in [0.1, 0.15) is 34.1 Å². The highest BCUT2D eigenvalue weighted by molar-refractivity contribution is 4.92. The van der Waals surface area contributed by atoms with Gasteiger partial charge in [-0.15, -0.1) is 12.3 Å². The molecule has 1 aliphatic rings. The molecule has 1 heteroatoms. The van der Waals surface area contributed by atoms with E-state index in [-0.39, 0.29) is 0 Å². The minimum absolute atomic E-state index is 0.895. The fourth-order valence-corrected chi connectivity index (χ4v) is 0.541. The summed E-state index contributed by atoms with van der Waals surface area (Å²) in [5.41, 5.74) is 0. The van der Waals surface area contributed by atoms with E-state index in [4.69, 9.17) is 4.74 Å². The molecule has 0 aliphatic carbocycles. The van der Waals surface area contributed by atoms with Gasteiger partial charge >= 0.3 is 0 Å². The second-order valence-corrected chi connectivity index (χ2v) is 1.74. The maximum Gasteiger partial charge on any atom is 0.0912 e. The van der Waals surface area contributed by atoms with Gasteiger partial charge in [0.15, 0.2) is 0 Å². The third-order valence-corrected chi connectivity index (χ3v) is 0.879. The second kappa shape index (κ2) is 11.8. The first-order valence-corrected chi connectivity index (χ1v) is 3.98. The molecule has 0 aromatic rings. The molecule has 64 valence electrons. The maximum absolute atomic E-state index is 5.01. The van der Waals surface area contributed by atoms with Gasteiger partial charge in [0.1, 0.15) is 0 Å². The SMILES string of the molecule is C#CC.CC.CC1=CCCO1. The van der Waals surface area contributed by atoms with Crippen LogP contribution in [0.4, 0.5) is 0 Å². The van der Waals surface area contributed by atoms with Crippen molar-refractivity contribution < 1.29 is 4.74 Å². The second-order valence-electron chi connectivity index (χ2n) is 1.74. The van der Waals surface area contributed by atoms with E-state index in [1.54, 1.807) is 6.92 Å². The summed E-state index contributed by atoms with van der Waals surface area (Å²) in [4.78, 5) is 0. The van der Waals surface area contributed by atoms with Gasteiger partial charge in [0.25, 0.3) is 0 Å². The first-order valence-electron chi connectivity index (χ1n) is 3.98. The van der Waals surface area contributed by atoms with Gasteiger partial charge in [-0.2, -0.15) is 0 Å². The number of rotatable bonds is 0. The zero-order chi connectivity index (χ0) is 9.11. The quantitative estimate of drug-likeness (QED) is 0.487. The Kier molecular flexibility index (Phi) is 13.7. The Labute approximate surface area is 70.5 Å². The zero-order valence-corrected chi connectivity index (χ0v) is 7.98. The number of allylic oxidation sites excluding steroid dienone is 1. The minimum Gasteiger partial charge on any atom is -0.498 e. The van der Waals surface area contributed by atoms with Crippen molar-refractivity contribution in [2.45, 2.75) is 34.1 Å². The van der Waals surface area contributed by atoms with Crippen LogP contribution in [0.2, 0.25) is 0 Å². The molecule has 0 fully saturated rings. The van der Waals surface area contributed by atoms with Crippen LogP contribution in [0, 0.1) is 12.3 Å². The summed E-state index contributed by atoms with van der Waals surface area (Å²) in [7, 11) is 0. The lowest BCUT2D eigenvalue weighted by molar-refractivity contribution is 0.247. The molecule has 0 saturated carbocycles. The van der Waals surface area contributed by atoms with Crippen molar-refractivity contribution in [3.63, 3.8) is 0 Å². The first kappa shape index (κ1) is 12.7. The highest BCUT2D eigenvalue weighted by Crippen LogP contribution is 2.05. The van der Waals surface area contributed by atoms with Gasteiger partial charge < -0.3 is 4.74 Å². The summed E-state index contributed by atoms with van der Waals surface area (Å²) in [5.74, 6) is 3.33. The van der Waals surface area contributed by atoms with E-state index in [0.29, 0.717) is 0 Å². The molecule has 0 saturated heterocycles. The minimum atomic E-state index is 0.895. The van der Waals surface area contributed by atoms with E-state index >= 15 is 0 Å². The van der Waals surface area contributed by atoms with Crippen LogP contribution in [-0.2, 0) is 4.74 Å². The molecule has 0 bridgehead atoms. The molecule has 0 radical (unpaired) electrons. The molecule has 0 spiro atoms. The van der Waals surface area contributed by atoms with Gasteiger partial charge in [0, 0.05) is 6.42 Å². The van der Waals surface area contributed by atoms with Crippen LogP contribution in [-0.4, -0.2) is 6.61 Å². The Bertz CT molecular complexity index is 128. The van der Waals surface area contributed by atoms with Crippen molar-refractivity contribution >= 4 is 0 Å². The van der Waals surface area contributed by atoms with E-state index in [9.17, 15) is 0 Å². The van der Waals surface area contributed by atoms with Gasteiger partial charge in [0.05, 0.1) is 12.4 Å². The van der Waals surface area contributed by atoms with E-state index in [0.717, 1.165) is 18.8 Å². The molecule has 11 heavy (non-hydrogen) atoms. The molecule has 1 rings (SSSR count). The lowest BCUT2D eigenvalue weighted by Gasteiger charge is -1.89. The third kappa shape index (κ3) is 12.3. The van der Waals surface area contributed by atoms with Gasteiger partial charge in [-0.25, -0.2) is 0 Å². The van der Waals surface area contributed by atoms with Crippen LogP contribution in [0.5, 0.6) is 0 Å². The summed E-state index contributed by atoms with van der Waals surface area (Å²) >= 11 is 0. The monoisotopic (exact) mass is 154 g/mol. The first-order chi connectivity index (χ1) is 5.31. The molecule has 1 aliphatic heterocycles. The van der Waals surface area contributed by atoms with Crippen molar-refractivity contribution in [1.82, 2.24) is 0 Å². The van der Waals surface area contributed by atoms with Crippen LogP contribution in [0.3, 0.4) is 0 Å². The molecule has 0 unspecified atom stereocenters. The Morgan fingerprint density at radius 1 is 1.55 bits per heavy atom. The molecule has 1 nitrogen and oxygen atoms in total. The fourth-order valence-electron chi connectivity index (χ4n) is 0.541. The van der Waals surface area contributed by atoms with Crippen LogP contribution < -0.4 is 0 Å². The Morgan fingerprint density at radius 3 is 2.09 bits per heavy atom. The molecule has 0 aromatic heterocycles. The van der Waals surface area contributed by atoms with Gasteiger partial charge in [-0.1, -0.05) is 13.8 Å². The molecule has 0 aromatic carbocycles. The summed E-state index contributed by atoms with van der Waals surface area (Å²) < 4.78 is 5.01. The average molecular weight is 154 g/mol. The van der Waals surface area contributed by atoms with Gasteiger partial charge in [0.2, 0.25) is 0 Å². The van der Waals surface area contributed by atoms with Crippen LogP contribution >= 0.6 is 0 Å². The third-order valence-electron chi connectivity index (χ3n) is 0.879. The summed E-state index contributed by atoms with van der Waals surface area (Å²) in [6, 6.07) is 0. The zero-order valence-electron chi connectivity index (χ0n) is 7.98. The number of hydrogen-bond acceptors (Lipinski definition) is 1. The van der Waals surface area contributed by atoms with Gasteiger partial charge in [-0.05, 0) is 19.9 Å². The van der Waals surface area contributed by atoms with Crippen molar-refractivity contribution in [1.29, 1.82) is 0 Å². The highest BCUT2D eigenvalue weighted by Gasteiger charge is 1.94. The highest BCUT2D eigenvalue weighted by atomic mass is 16.5. The normalized spacial score (nSPS) is 12.1. The number of hydrogen-bond donors (Lipinski definition) is 0. The van der Waals surface area contributed by atoms with E-state index in [1.165, 1.54) is 0 Å². The van der Waals surface area contributed by atoms with Crippen molar-refractivity contribution in [2.24, 2.45) is 0 Å². The van der Waals surface area contributed by atoms with E-state index < -0.39 is 0 Å². The van der Waals surface area contributed by atoms with Crippen molar-refractivity contribution in [3.8, 4) is 12.3 Å². The largest absolute Gasteiger partial charge is 0.498 e.